The van der Waals surface area contributed by atoms with Crippen LogP contribution < -0.4 is 3.53 Å². The highest BCUT2D eigenvalue weighted by atomic mass is 127. The quantitative estimate of drug-likeness (QED) is 0.642. The average Bonchev–Trinajstić information content (AvgIpc) is 2.09. The molecule has 2 N–H and O–H groups in total. The van der Waals surface area contributed by atoms with Gasteiger partial charge in [-0.15, -0.1) is 0 Å². The maximum absolute atomic E-state index is 8.91. The summed E-state index contributed by atoms with van der Waals surface area (Å²) in [7, 11) is 0. The predicted molar refractivity (Wildman–Crippen MR) is 53.4 cm³/mol. The molecule has 2 nitrogen and oxygen atoms in total. The number of hydrogen-bond acceptors (Lipinski definition) is 2. The fourth-order valence-corrected chi connectivity index (χ4v) is 1.44. The summed E-state index contributed by atoms with van der Waals surface area (Å²) in [6.45, 7) is 0.132. The van der Waals surface area contributed by atoms with E-state index in [1.54, 1.807) is 0 Å². The van der Waals surface area contributed by atoms with E-state index in [2.05, 4.69) is 3.53 Å². The lowest BCUT2D eigenvalue weighted by Crippen LogP contribution is -2.14. The number of nitrogens with one attached hydrogen (secondary N) is 1. The zero-order valence-electron chi connectivity index (χ0n) is 6.00. The fourth-order valence-electron chi connectivity index (χ4n) is 0.888. The second-order valence-electron chi connectivity index (χ2n) is 2.25. The molecule has 0 bridgehead atoms. The second-order valence-corrected chi connectivity index (χ2v) is 2.88. The highest BCUT2D eigenvalue weighted by Crippen LogP contribution is 2.12. The third-order valence-corrected chi connectivity index (χ3v) is 2.27. The molecular weight excluding hydrogens is 253 g/mol. The molecule has 0 heterocycles. The molecule has 0 fully saturated rings. The summed E-state index contributed by atoms with van der Waals surface area (Å²) in [4.78, 5) is 0. The molecular formula is C8H10INO. The van der Waals surface area contributed by atoms with Crippen LogP contribution in [-0.2, 0) is 0 Å². The Labute approximate surface area is 80.1 Å². The van der Waals surface area contributed by atoms with Crippen LogP contribution in [0.15, 0.2) is 30.3 Å². The number of benzene rings is 1. The van der Waals surface area contributed by atoms with E-state index in [-0.39, 0.29) is 12.6 Å². The lowest BCUT2D eigenvalue weighted by Gasteiger charge is -2.10. The summed E-state index contributed by atoms with van der Waals surface area (Å²) < 4.78 is 2.99. The molecule has 0 aliphatic heterocycles. The predicted octanol–water partition coefficient (Wildman–Crippen LogP) is 1.66. The average molecular weight is 263 g/mol. The van der Waals surface area contributed by atoms with E-state index in [1.807, 2.05) is 53.2 Å². The van der Waals surface area contributed by atoms with Gasteiger partial charge < -0.3 is 5.11 Å². The molecule has 11 heavy (non-hydrogen) atoms. The van der Waals surface area contributed by atoms with Crippen LogP contribution in [-0.4, -0.2) is 11.7 Å². The maximum atomic E-state index is 8.91. The first-order valence-corrected chi connectivity index (χ1v) is 4.48. The van der Waals surface area contributed by atoms with Crippen molar-refractivity contribution in [3.05, 3.63) is 35.9 Å². The van der Waals surface area contributed by atoms with Gasteiger partial charge in [0.05, 0.1) is 12.6 Å². The van der Waals surface area contributed by atoms with E-state index in [9.17, 15) is 0 Å². The summed E-state index contributed by atoms with van der Waals surface area (Å²) in [5.74, 6) is 0. The fraction of sp³-hybridized carbons (Fsp3) is 0.250. The Bertz CT molecular complexity index is 199. The Morgan fingerprint density at radius 3 is 2.45 bits per heavy atom. The Morgan fingerprint density at radius 2 is 2.00 bits per heavy atom. The van der Waals surface area contributed by atoms with E-state index < -0.39 is 0 Å². The lowest BCUT2D eigenvalue weighted by atomic mass is 10.1. The van der Waals surface area contributed by atoms with Crippen LogP contribution in [0.3, 0.4) is 0 Å². The molecule has 0 spiro atoms. The number of aliphatic hydroxyl groups excluding tert-OH is 1. The highest BCUT2D eigenvalue weighted by molar-refractivity contribution is 14.1. The number of halogens is 1. The van der Waals surface area contributed by atoms with Gasteiger partial charge in [0.2, 0.25) is 0 Å². The van der Waals surface area contributed by atoms with Crippen molar-refractivity contribution in [3.8, 4) is 0 Å². The molecule has 1 aromatic carbocycles. The minimum Gasteiger partial charge on any atom is -0.394 e. The van der Waals surface area contributed by atoms with E-state index in [4.69, 9.17) is 5.11 Å². The normalized spacial score (nSPS) is 12.9. The van der Waals surface area contributed by atoms with Crippen LogP contribution in [0.2, 0.25) is 0 Å². The molecule has 0 unspecified atom stereocenters. The molecule has 3 heteroatoms. The summed E-state index contributed by atoms with van der Waals surface area (Å²) >= 11 is 2.04. The summed E-state index contributed by atoms with van der Waals surface area (Å²) in [6, 6.07) is 9.93. The third-order valence-electron chi connectivity index (χ3n) is 1.52. The maximum Gasteiger partial charge on any atom is 0.0644 e. The van der Waals surface area contributed by atoms with E-state index in [0.29, 0.717) is 0 Å². The Kier molecular flexibility index (Phi) is 3.82. The smallest absolute Gasteiger partial charge is 0.0644 e. The molecule has 1 rings (SSSR count). The van der Waals surface area contributed by atoms with Gasteiger partial charge in [0.1, 0.15) is 0 Å². The molecule has 0 radical (unpaired) electrons. The summed E-state index contributed by atoms with van der Waals surface area (Å²) in [5.41, 5.74) is 1.12. The molecule has 0 amide bonds. The van der Waals surface area contributed by atoms with Crippen molar-refractivity contribution in [1.29, 1.82) is 0 Å². The number of aliphatic hydroxyl groups is 1. The topological polar surface area (TPSA) is 32.3 Å². The Morgan fingerprint density at radius 1 is 1.36 bits per heavy atom. The first kappa shape index (κ1) is 8.96. The van der Waals surface area contributed by atoms with Crippen molar-refractivity contribution in [2.45, 2.75) is 6.04 Å². The van der Waals surface area contributed by atoms with Crippen LogP contribution in [0.4, 0.5) is 0 Å². The van der Waals surface area contributed by atoms with Crippen LogP contribution >= 0.6 is 22.9 Å². The third kappa shape index (κ3) is 2.43. The SMILES string of the molecule is OC[C@@H](NI)c1ccccc1. The van der Waals surface area contributed by atoms with Crippen LogP contribution in [0.25, 0.3) is 0 Å². The van der Waals surface area contributed by atoms with Crippen molar-refractivity contribution in [2.24, 2.45) is 0 Å². The summed E-state index contributed by atoms with van der Waals surface area (Å²) in [6.07, 6.45) is 0. The van der Waals surface area contributed by atoms with E-state index >= 15 is 0 Å². The number of rotatable bonds is 3. The van der Waals surface area contributed by atoms with Gasteiger partial charge >= 0.3 is 0 Å². The first-order chi connectivity index (χ1) is 5.38. The monoisotopic (exact) mass is 263 g/mol. The van der Waals surface area contributed by atoms with E-state index in [1.165, 1.54) is 0 Å². The lowest BCUT2D eigenvalue weighted by molar-refractivity contribution is 0.263. The van der Waals surface area contributed by atoms with Gasteiger partial charge in [0, 0.05) is 22.9 Å². The summed E-state index contributed by atoms with van der Waals surface area (Å²) in [5, 5.41) is 8.91. The molecule has 0 saturated carbocycles. The van der Waals surface area contributed by atoms with Gasteiger partial charge in [0.15, 0.2) is 0 Å². The molecule has 0 aliphatic carbocycles. The zero-order valence-corrected chi connectivity index (χ0v) is 8.15. The highest BCUT2D eigenvalue weighted by Gasteiger charge is 2.05. The minimum absolute atomic E-state index is 0.0526. The minimum atomic E-state index is 0.0526. The zero-order chi connectivity index (χ0) is 8.10. The number of hydrogen-bond donors (Lipinski definition) is 2. The van der Waals surface area contributed by atoms with Crippen LogP contribution in [0.5, 0.6) is 0 Å². The van der Waals surface area contributed by atoms with Crippen molar-refractivity contribution in [3.63, 3.8) is 0 Å². The molecule has 1 aromatic rings. The standard InChI is InChI=1S/C8H10INO/c9-10-8(6-11)7-4-2-1-3-5-7/h1-5,8,10-11H,6H2/t8-/m1/s1. The van der Waals surface area contributed by atoms with Crippen LogP contribution in [0.1, 0.15) is 11.6 Å². The van der Waals surface area contributed by atoms with Gasteiger partial charge in [-0.2, -0.15) is 0 Å². The molecule has 0 saturated heterocycles. The van der Waals surface area contributed by atoms with Crippen molar-refractivity contribution < 1.29 is 5.11 Å². The molecule has 0 aromatic heterocycles. The molecule has 0 aliphatic rings. The van der Waals surface area contributed by atoms with Gasteiger partial charge in [0.25, 0.3) is 0 Å². The van der Waals surface area contributed by atoms with Crippen LogP contribution in [0, 0.1) is 0 Å². The van der Waals surface area contributed by atoms with Gasteiger partial charge in [-0.25, -0.2) is 0 Å². The largest absolute Gasteiger partial charge is 0.394 e. The van der Waals surface area contributed by atoms with Gasteiger partial charge in [-0.05, 0) is 5.56 Å². The first-order valence-electron chi connectivity index (χ1n) is 3.40. The van der Waals surface area contributed by atoms with Gasteiger partial charge in [-0.3, -0.25) is 3.53 Å². The van der Waals surface area contributed by atoms with Crippen molar-refractivity contribution >= 4 is 22.9 Å². The molecule has 1 atom stereocenters. The van der Waals surface area contributed by atoms with Gasteiger partial charge in [-0.1, -0.05) is 30.3 Å². The Balaban J connectivity index is 2.74. The van der Waals surface area contributed by atoms with E-state index in [0.717, 1.165) is 5.56 Å². The molecule has 60 valence electrons. The van der Waals surface area contributed by atoms with Crippen molar-refractivity contribution in [2.75, 3.05) is 6.61 Å². The van der Waals surface area contributed by atoms with Crippen molar-refractivity contribution in [1.82, 2.24) is 3.53 Å². The second kappa shape index (κ2) is 4.69. The Hall–Kier alpha value is -0.130.